The zero-order valence-electron chi connectivity index (χ0n) is 11.7. The Bertz CT molecular complexity index is 459. The monoisotopic (exact) mass is 294 g/mol. The lowest BCUT2D eigenvalue weighted by Gasteiger charge is -2.31. The average molecular weight is 294 g/mol. The van der Waals surface area contributed by atoms with Gasteiger partial charge >= 0.3 is 0 Å². The van der Waals surface area contributed by atoms with E-state index in [2.05, 4.69) is 36.3 Å². The molecule has 0 aromatic heterocycles. The van der Waals surface area contributed by atoms with E-state index in [0.717, 1.165) is 12.1 Å². The molecular weight excluding hydrogens is 272 g/mol. The normalized spacial score (nSPS) is 20.1. The number of thiocarbonyl (C=S) groups is 1. The molecule has 0 radical (unpaired) electrons. The van der Waals surface area contributed by atoms with Crippen molar-refractivity contribution in [2.24, 2.45) is 5.73 Å². The Labute approximate surface area is 125 Å². The first-order chi connectivity index (χ1) is 9.15. The predicted molar refractivity (Wildman–Crippen MR) is 89.4 cm³/mol. The van der Waals surface area contributed by atoms with Crippen LogP contribution in [0.25, 0.3) is 0 Å². The zero-order valence-corrected chi connectivity index (χ0v) is 13.3. The Balaban J connectivity index is 2.45. The van der Waals surface area contributed by atoms with Gasteiger partial charge < -0.3 is 10.6 Å². The summed E-state index contributed by atoms with van der Waals surface area (Å²) in [5, 5.41) is 0. The summed E-state index contributed by atoms with van der Waals surface area (Å²) in [6, 6.07) is 6.94. The van der Waals surface area contributed by atoms with E-state index in [1.165, 1.54) is 36.3 Å². The maximum Gasteiger partial charge on any atom is 0.107 e. The second-order valence-electron chi connectivity index (χ2n) is 5.11. The predicted octanol–water partition coefficient (Wildman–Crippen LogP) is 3.81. The molecule has 0 bridgehead atoms. The number of thioether (sulfide) groups is 1. The van der Waals surface area contributed by atoms with Gasteiger partial charge in [0, 0.05) is 28.7 Å². The highest BCUT2D eigenvalue weighted by Crippen LogP contribution is 2.32. The fourth-order valence-corrected chi connectivity index (χ4v) is 3.72. The SMILES string of the molecule is CSc1cccc(N2CCCCCC2C)c1C(N)=S. The largest absolute Gasteiger partial charge is 0.389 e. The highest BCUT2D eigenvalue weighted by molar-refractivity contribution is 7.98. The second-order valence-corrected chi connectivity index (χ2v) is 6.40. The summed E-state index contributed by atoms with van der Waals surface area (Å²) >= 11 is 7.00. The summed E-state index contributed by atoms with van der Waals surface area (Å²) in [6.07, 6.45) is 7.23. The van der Waals surface area contributed by atoms with E-state index in [0.29, 0.717) is 11.0 Å². The smallest absolute Gasteiger partial charge is 0.107 e. The summed E-state index contributed by atoms with van der Waals surface area (Å²) in [4.78, 5) is 4.18. The van der Waals surface area contributed by atoms with Crippen molar-refractivity contribution in [2.45, 2.75) is 43.5 Å². The molecule has 0 spiro atoms. The van der Waals surface area contributed by atoms with E-state index in [1.54, 1.807) is 11.8 Å². The molecule has 1 aromatic rings. The molecule has 1 saturated heterocycles. The first-order valence-electron chi connectivity index (χ1n) is 6.88. The topological polar surface area (TPSA) is 29.3 Å². The molecule has 19 heavy (non-hydrogen) atoms. The van der Waals surface area contributed by atoms with Crippen LogP contribution in [0.15, 0.2) is 23.1 Å². The van der Waals surface area contributed by atoms with E-state index < -0.39 is 0 Å². The summed E-state index contributed by atoms with van der Waals surface area (Å²) in [6.45, 7) is 3.41. The van der Waals surface area contributed by atoms with Gasteiger partial charge in [-0.2, -0.15) is 0 Å². The van der Waals surface area contributed by atoms with Crippen molar-refractivity contribution >= 4 is 34.7 Å². The Kier molecular flexibility index (Phi) is 5.11. The van der Waals surface area contributed by atoms with Crippen molar-refractivity contribution in [1.82, 2.24) is 0 Å². The standard InChI is InChI=1S/C15H22N2S2/c1-11-7-4-3-5-10-17(11)12-8-6-9-13(19-2)14(12)15(16)18/h6,8-9,11H,3-5,7,10H2,1-2H3,(H2,16,18). The van der Waals surface area contributed by atoms with Gasteiger partial charge in [0.05, 0.1) is 0 Å². The summed E-state index contributed by atoms with van der Waals surface area (Å²) in [5.41, 5.74) is 8.24. The van der Waals surface area contributed by atoms with Gasteiger partial charge in [-0.25, -0.2) is 0 Å². The molecule has 0 aliphatic carbocycles. The molecule has 1 aliphatic rings. The summed E-state index contributed by atoms with van der Waals surface area (Å²) in [7, 11) is 0. The fraction of sp³-hybridized carbons (Fsp3) is 0.533. The number of anilines is 1. The number of hydrogen-bond donors (Lipinski definition) is 1. The van der Waals surface area contributed by atoms with Gasteiger partial charge in [0.1, 0.15) is 4.99 Å². The van der Waals surface area contributed by atoms with Crippen LogP contribution in [0.5, 0.6) is 0 Å². The Morgan fingerprint density at radius 2 is 2.16 bits per heavy atom. The average Bonchev–Trinajstić information content (AvgIpc) is 2.62. The van der Waals surface area contributed by atoms with Gasteiger partial charge in [-0.05, 0) is 38.2 Å². The minimum absolute atomic E-state index is 0.511. The van der Waals surface area contributed by atoms with Crippen molar-refractivity contribution in [2.75, 3.05) is 17.7 Å². The third-order valence-corrected chi connectivity index (χ3v) is 4.82. The third-order valence-electron chi connectivity index (χ3n) is 3.83. The van der Waals surface area contributed by atoms with E-state index >= 15 is 0 Å². The molecule has 2 rings (SSSR count). The number of rotatable bonds is 3. The number of hydrogen-bond acceptors (Lipinski definition) is 3. The van der Waals surface area contributed by atoms with Crippen LogP contribution in [0, 0.1) is 0 Å². The lowest BCUT2D eigenvalue weighted by atomic mass is 10.1. The van der Waals surface area contributed by atoms with E-state index in [1.807, 2.05) is 0 Å². The second kappa shape index (κ2) is 6.62. The highest BCUT2D eigenvalue weighted by Gasteiger charge is 2.21. The van der Waals surface area contributed by atoms with Crippen LogP contribution in [-0.2, 0) is 0 Å². The molecule has 1 heterocycles. The van der Waals surface area contributed by atoms with Gasteiger partial charge in [0.15, 0.2) is 0 Å². The van der Waals surface area contributed by atoms with Crippen LogP contribution in [0.1, 0.15) is 38.2 Å². The van der Waals surface area contributed by atoms with Crippen molar-refractivity contribution in [3.63, 3.8) is 0 Å². The minimum Gasteiger partial charge on any atom is -0.389 e. The van der Waals surface area contributed by atoms with Crippen molar-refractivity contribution in [3.8, 4) is 0 Å². The molecule has 2 N–H and O–H groups in total. The van der Waals surface area contributed by atoms with Crippen LogP contribution in [0.3, 0.4) is 0 Å². The van der Waals surface area contributed by atoms with Crippen LogP contribution >= 0.6 is 24.0 Å². The maximum absolute atomic E-state index is 5.97. The molecule has 2 nitrogen and oxygen atoms in total. The molecule has 104 valence electrons. The van der Waals surface area contributed by atoms with E-state index in [9.17, 15) is 0 Å². The third kappa shape index (κ3) is 3.23. The Hall–Kier alpha value is -0.740. The molecule has 0 saturated carbocycles. The van der Waals surface area contributed by atoms with Crippen molar-refractivity contribution < 1.29 is 0 Å². The Morgan fingerprint density at radius 3 is 2.84 bits per heavy atom. The lowest BCUT2D eigenvalue weighted by molar-refractivity contribution is 0.615. The van der Waals surface area contributed by atoms with Crippen LogP contribution in [-0.4, -0.2) is 23.8 Å². The Morgan fingerprint density at radius 1 is 1.37 bits per heavy atom. The maximum atomic E-state index is 5.97. The molecule has 0 amide bonds. The van der Waals surface area contributed by atoms with Crippen LogP contribution in [0.4, 0.5) is 5.69 Å². The van der Waals surface area contributed by atoms with Gasteiger partial charge in [-0.1, -0.05) is 31.1 Å². The van der Waals surface area contributed by atoms with Gasteiger partial charge in [0.2, 0.25) is 0 Å². The number of benzene rings is 1. The van der Waals surface area contributed by atoms with Crippen molar-refractivity contribution in [1.29, 1.82) is 0 Å². The molecule has 1 aromatic carbocycles. The first-order valence-corrected chi connectivity index (χ1v) is 8.52. The first kappa shape index (κ1) is 14.7. The van der Waals surface area contributed by atoms with Crippen LogP contribution < -0.4 is 10.6 Å². The quantitative estimate of drug-likeness (QED) is 0.678. The molecule has 1 atom stereocenters. The molecule has 1 unspecified atom stereocenters. The lowest BCUT2D eigenvalue weighted by Crippen LogP contribution is -2.34. The number of nitrogens with zero attached hydrogens (tertiary/aromatic N) is 1. The van der Waals surface area contributed by atoms with E-state index in [4.69, 9.17) is 18.0 Å². The van der Waals surface area contributed by atoms with Crippen LogP contribution in [0.2, 0.25) is 0 Å². The minimum atomic E-state index is 0.511. The number of nitrogens with two attached hydrogens (primary N) is 1. The van der Waals surface area contributed by atoms with E-state index in [-0.39, 0.29) is 0 Å². The molecule has 1 fully saturated rings. The van der Waals surface area contributed by atoms with Gasteiger partial charge in [-0.15, -0.1) is 11.8 Å². The molecule has 1 aliphatic heterocycles. The molecular formula is C15H22N2S2. The highest BCUT2D eigenvalue weighted by atomic mass is 32.2. The van der Waals surface area contributed by atoms with Gasteiger partial charge in [-0.3, -0.25) is 0 Å². The molecule has 4 heteroatoms. The van der Waals surface area contributed by atoms with Gasteiger partial charge in [0.25, 0.3) is 0 Å². The zero-order chi connectivity index (χ0) is 13.8. The fourth-order valence-electron chi connectivity index (χ4n) is 2.81. The summed E-state index contributed by atoms with van der Waals surface area (Å²) in [5.74, 6) is 0. The summed E-state index contributed by atoms with van der Waals surface area (Å²) < 4.78 is 0. The van der Waals surface area contributed by atoms with Crippen molar-refractivity contribution in [3.05, 3.63) is 23.8 Å².